The summed E-state index contributed by atoms with van der Waals surface area (Å²) in [6, 6.07) is 3.33. The van der Waals surface area contributed by atoms with Crippen LogP contribution in [0.4, 0.5) is 20.4 Å². The highest BCUT2D eigenvalue weighted by molar-refractivity contribution is 5.98. The Morgan fingerprint density at radius 3 is 2.67 bits per heavy atom. The highest BCUT2D eigenvalue weighted by Gasteiger charge is 2.30. The Balaban J connectivity index is 2.17. The van der Waals surface area contributed by atoms with E-state index in [4.69, 9.17) is 4.74 Å². The smallest absolute Gasteiger partial charge is 0.303 e. The van der Waals surface area contributed by atoms with Crippen LogP contribution in [0.15, 0.2) is 24.5 Å². The molecule has 1 amide bonds. The van der Waals surface area contributed by atoms with Crippen LogP contribution in [0.3, 0.4) is 0 Å². The van der Waals surface area contributed by atoms with E-state index < -0.39 is 11.7 Å². The average molecular weight is 418 g/mol. The summed E-state index contributed by atoms with van der Waals surface area (Å²) < 4.78 is 35.1. The van der Waals surface area contributed by atoms with Gasteiger partial charge in [-0.25, -0.2) is 15.0 Å². The number of fused-ring (bicyclic) bond motifs is 1. The molecule has 2 N–H and O–H groups in total. The molecule has 0 aliphatic rings. The summed E-state index contributed by atoms with van der Waals surface area (Å²) in [4.78, 5) is 23.8. The van der Waals surface area contributed by atoms with Crippen molar-refractivity contribution in [2.75, 3.05) is 30.9 Å². The van der Waals surface area contributed by atoms with Gasteiger partial charge in [0.15, 0.2) is 0 Å². The van der Waals surface area contributed by atoms with E-state index in [-0.39, 0.29) is 11.7 Å². The lowest BCUT2D eigenvalue weighted by Crippen LogP contribution is -2.16. The standard InChI is InChI=1S/C20H24F2N6O2/c1-5-28-11-14(13-8-17(25-12(2)29)24-10-16(13)28)15-9-18(23-6-7-30-4)27-19(26-15)20(3,21)22/h8-11H,5-7H2,1-4H3,(H,23,26,27)(H,24,25,29). The molecule has 8 nitrogen and oxygen atoms in total. The number of aromatic nitrogens is 4. The number of aryl methyl sites for hydroxylation is 1. The van der Waals surface area contributed by atoms with Crippen molar-refractivity contribution in [3.05, 3.63) is 30.4 Å². The fourth-order valence-corrected chi connectivity index (χ4v) is 3.06. The number of hydrogen-bond donors (Lipinski definition) is 2. The van der Waals surface area contributed by atoms with E-state index >= 15 is 0 Å². The van der Waals surface area contributed by atoms with E-state index in [9.17, 15) is 13.6 Å². The first-order chi connectivity index (χ1) is 14.2. The molecule has 0 radical (unpaired) electrons. The molecule has 10 heteroatoms. The van der Waals surface area contributed by atoms with E-state index in [2.05, 4.69) is 25.6 Å². The molecular formula is C20H24F2N6O2. The molecular weight excluding hydrogens is 394 g/mol. The minimum Gasteiger partial charge on any atom is -0.383 e. The molecule has 0 fully saturated rings. The number of halogens is 2. The first kappa shape index (κ1) is 21.6. The fourth-order valence-electron chi connectivity index (χ4n) is 3.06. The van der Waals surface area contributed by atoms with Gasteiger partial charge in [-0.2, -0.15) is 8.78 Å². The summed E-state index contributed by atoms with van der Waals surface area (Å²) in [5.41, 5.74) is 1.79. The molecule has 3 aromatic rings. The van der Waals surface area contributed by atoms with Gasteiger partial charge in [-0.15, -0.1) is 0 Å². The minimum atomic E-state index is -3.21. The van der Waals surface area contributed by atoms with Gasteiger partial charge in [-0.05, 0) is 13.0 Å². The highest BCUT2D eigenvalue weighted by atomic mass is 19.3. The van der Waals surface area contributed by atoms with Crippen LogP contribution >= 0.6 is 0 Å². The summed E-state index contributed by atoms with van der Waals surface area (Å²) in [5, 5.41) is 6.37. The van der Waals surface area contributed by atoms with Crippen LogP contribution in [-0.2, 0) is 22.0 Å². The predicted molar refractivity (Wildman–Crippen MR) is 111 cm³/mol. The predicted octanol–water partition coefficient (Wildman–Crippen LogP) is 3.64. The summed E-state index contributed by atoms with van der Waals surface area (Å²) in [7, 11) is 1.55. The van der Waals surface area contributed by atoms with E-state index in [1.165, 1.54) is 6.92 Å². The number of alkyl halides is 2. The third-order valence-corrected chi connectivity index (χ3v) is 4.42. The van der Waals surface area contributed by atoms with Crippen molar-refractivity contribution in [3.8, 4) is 11.3 Å². The van der Waals surface area contributed by atoms with Crippen molar-refractivity contribution in [2.24, 2.45) is 0 Å². The molecule has 0 unspecified atom stereocenters. The first-order valence-electron chi connectivity index (χ1n) is 9.50. The number of anilines is 2. The molecule has 0 bridgehead atoms. The monoisotopic (exact) mass is 418 g/mol. The van der Waals surface area contributed by atoms with E-state index in [1.54, 1.807) is 25.4 Å². The Labute approximate surface area is 172 Å². The molecule has 3 aromatic heterocycles. The number of nitrogens with one attached hydrogen (secondary N) is 2. The summed E-state index contributed by atoms with van der Waals surface area (Å²) in [6.07, 6.45) is 3.48. The van der Waals surface area contributed by atoms with Crippen molar-refractivity contribution < 1.29 is 18.3 Å². The number of nitrogens with zero attached hydrogens (tertiary/aromatic N) is 4. The maximum atomic E-state index is 14.1. The quantitative estimate of drug-likeness (QED) is 0.543. The van der Waals surface area contributed by atoms with E-state index in [0.717, 1.165) is 17.8 Å². The van der Waals surface area contributed by atoms with Crippen molar-refractivity contribution in [1.82, 2.24) is 19.5 Å². The van der Waals surface area contributed by atoms with Gasteiger partial charge in [0.05, 0.1) is 24.0 Å². The lowest BCUT2D eigenvalue weighted by molar-refractivity contribution is -0.114. The van der Waals surface area contributed by atoms with Gasteiger partial charge in [-0.1, -0.05) is 0 Å². The van der Waals surface area contributed by atoms with Gasteiger partial charge in [0.1, 0.15) is 11.6 Å². The molecule has 30 heavy (non-hydrogen) atoms. The number of amides is 1. The van der Waals surface area contributed by atoms with Gasteiger partial charge in [-0.3, -0.25) is 4.79 Å². The van der Waals surface area contributed by atoms with Crippen LogP contribution in [0.2, 0.25) is 0 Å². The Morgan fingerprint density at radius 1 is 1.27 bits per heavy atom. The summed E-state index contributed by atoms with van der Waals surface area (Å²) >= 11 is 0. The third kappa shape index (κ3) is 4.70. The zero-order chi connectivity index (χ0) is 21.9. The maximum Gasteiger partial charge on any atom is 0.303 e. The molecule has 0 aliphatic heterocycles. The van der Waals surface area contributed by atoms with Gasteiger partial charge < -0.3 is 19.9 Å². The number of carbonyl (C=O) groups is 1. The van der Waals surface area contributed by atoms with Gasteiger partial charge in [0.25, 0.3) is 0 Å². The molecule has 0 saturated carbocycles. The summed E-state index contributed by atoms with van der Waals surface area (Å²) in [5.74, 6) is -3.38. The Bertz CT molecular complexity index is 1060. The second-order valence-electron chi connectivity index (χ2n) is 6.87. The summed E-state index contributed by atoms with van der Waals surface area (Å²) in [6.45, 7) is 5.58. The number of rotatable bonds is 8. The van der Waals surface area contributed by atoms with E-state index in [0.29, 0.717) is 36.8 Å². The second kappa shape index (κ2) is 8.70. The molecule has 0 aromatic carbocycles. The Hall–Kier alpha value is -3.14. The normalized spacial score (nSPS) is 11.7. The van der Waals surface area contributed by atoms with Crippen LogP contribution in [0.1, 0.15) is 26.6 Å². The Morgan fingerprint density at radius 2 is 2.03 bits per heavy atom. The minimum absolute atomic E-state index is 0.252. The van der Waals surface area contributed by atoms with Gasteiger partial charge >= 0.3 is 5.92 Å². The van der Waals surface area contributed by atoms with Crippen LogP contribution in [0.25, 0.3) is 22.2 Å². The molecule has 0 saturated heterocycles. The number of hydrogen-bond acceptors (Lipinski definition) is 6. The van der Waals surface area contributed by atoms with Crippen molar-refractivity contribution >= 4 is 28.4 Å². The molecule has 3 heterocycles. The van der Waals surface area contributed by atoms with Crippen molar-refractivity contribution in [2.45, 2.75) is 33.2 Å². The maximum absolute atomic E-state index is 14.1. The molecule has 0 atom stereocenters. The fraction of sp³-hybridized carbons (Fsp3) is 0.400. The Kier molecular flexibility index (Phi) is 6.25. The number of ether oxygens (including phenoxy) is 1. The van der Waals surface area contributed by atoms with Crippen LogP contribution < -0.4 is 10.6 Å². The lowest BCUT2D eigenvalue weighted by atomic mass is 10.1. The lowest BCUT2D eigenvalue weighted by Gasteiger charge is -2.13. The zero-order valence-corrected chi connectivity index (χ0v) is 17.3. The van der Waals surface area contributed by atoms with Crippen LogP contribution in [-0.4, -0.2) is 45.7 Å². The number of pyridine rings is 1. The van der Waals surface area contributed by atoms with Crippen molar-refractivity contribution in [1.29, 1.82) is 0 Å². The first-order valence-corrected chi connectivity index (χ1v) is 9.50. The topological polar surface area (TPSA) is 94.0 Å². The SMILES string of the molecule is CCn1cc(-c2cc(NCCOC)nc(C(C)(F)F)n2)c2cc(NC(C)=O)ncc21. The van der Waals surface area contributed by atoms with Gasteiger partial charge in [0, 0.05) is 57.3 Å². The van der Waals surface area contributed by atoms with E-state index in [1.807, 2.05) is 17.7 Å². The average Bonchev–Trinajstić information content (AvgIpc) is 3.05. The molecule has 0 spiro atoms. The largest absolute Gasteiger partial charge is 0.383 e. The molecule has 0 aliphatic carbocycles. The van der Waals surface area contributed by atoms with Crippen molar-refractivity contribution in [3.63, 3.8) is 0 Å². The number of methoxy groups -OCH3 is 1. The molecule has 160 valence electrons. The zero-order valence-electron chi connectivity index (χ0n) is 17.3. The number of carbonyl (C=O) groups excluding carboxylic acids is 1. The highest BCUT2D eigenvalue weighted by Crippen LogP contribution is 2.34. The molecule has 3 rings (SSSR count). The third-order valence-electron chi connectivity index (χ3n) is 4.42. The van der Waals surface area contributed by atoms with Crippen LogP contribution in [0, 0.1) is 0 Å². The van der Waals surface area contributed by atoms with Crippen LogP contribution in [0.5, 0.6) is 0 Å². The second-order valence-corrected chi connectivity index (χ2v) is 6.87. The van der Waals surface area contributed by atoms with Gasteiger partial charge in [0.2, 0.25) is 11.7 Å².